The zero-order chi connectivity index (χ0) is 23.8. The Labute approximate surface area is 191 Å². The molecule has 1 aromatic heterocycles. The average molecular weight is 458 g/mol. The molecule has 3 rings (SSSR count). The van der Waals surface area contributed by atoms with Gasteiger partial charge in [-0.25, -0.2) is 9.18 Å². The molecule has 2 N–H and O–H groups in total. The molecule has 8 nitrogen and oxygen atoms in total. The molecule has 0 spiro atoms. The number of nitrogens with one attached hydrogen (secondary N) is 2. The van der Waals surface area contributed by atoms with Gasteiger partial charge in [0.15, 0.2) is 5.58 Å². The van der Waals surface area contributed by atoms with Crippen LogP contribution in [0.15, 0.2) is 58.8 Å². The van der Waals surface area contributed by atoms with Crippen LogP contribution in [-0.2, 0) is 11.3 Å². The number of oxazole rings is 1. The Morgan fingerprint density at radius 2 is 2.00 bits per heavy atom. The molecular weight excluding hydrogens is 429 g/mol. The summed E-state index contributed by atoms with van der Waals surface area (Å²) in [6.07, 6.45) is -0.218. The Bertz CT molecular complexity index is 1120. The van der Waals surface area contributed by atoms with Gasteiger partial charge in [-0.3, -0.25) is 0 Å². The number of alkyl carbamates (subject to hydrolysis) is 1. The van der Waals surface area contributed by atoms with E-state index < -0.39 is 11.7 Å². The van der Waals surface area contributed by atoms with E-state index in [9.17, 15) is 9.18 Å². The summed E-state index contributed by atoms with van der Waals surface area (Å²) in [5.41, 5.74) is 1.82. The van der Waals surface area contributed by atoms with E-state index >= 15 is 0 Å². The van der Waals surface area contributed by atoms with E-state index in [1.807, 2.05) is 24.3 Å². The van der Waals surface area contributed by atoms with Crippen molar-refractivity contribution in [3.63, 3.8) is 0 Å². The molecule has 1 heterocycles. The quantitative estimate of drug-likeness (QED) is 0.456. The molecule has 0 aliphatic heterocycles. The highest BCUT2D eigenvalue weighted by Crippen LogP contribution is 2.25. The summed E-state index contributed by atoms with van der Waals surface area (Å²) in [4.78, 5) is 16.1. The van der Waals surface area contributed by atoms with Crippen LogP contribution in [0.1, 0.15) is 26.3 Å². The van der Waals surface area contributed by atoms with Gasteiger partial charge in [0.1, 0.15) is 29.2 Å². The van der Waals surface area contributed by atoms with Crippen LogP contribution in [-0.4, -0.2) is 36.9 Å². The molecule has 1 amide bonds. The molecule has 9 heteroatoms. The van der Waals surface area contributed by atoms with E-state index in [2.05, 4.69) is 15.6 Å². The van der Waals surface area contributed by atoms with E-state index in [4.69, 9.17) is 18.6 Å². The highest BCUT2D eigenvalue weighted by molar-refractivity contribution is 5.76. The minimum atomic E-state index is -0.631. The standard InChI is InChI=1S/C24H28FN3O5/c1-24(2,3)33-23(29)27-14-17(12-25)15-31-19-8-9-20-21(11-19)32-22(28-20)26-13-16-6-5-7-18(10-16)30-4/h5-12H,13-15H2,1-4H3,(H,26,28)(H,27,29). The Kier molecular flexibility index (Phi) is 7.76. The number of rotatable bonds is 9. The van der Waals surface area contributed by atoms with Crippen LogP contribution in [0.25, 0.3) is 11.1 Å². The third kappa shape index (κ3) is 7.41. The zero-order valence-corrected chi connectivity index (χ0v) is 19.1. The first-order chi connectivity index (χ1) is 15.8. The minimum absolute atomic E-state index is 0.0334. The van der Waals surface area contributed by atoms with Crippen molar-refractivity contribution in [3.05, 3.63) is 59.9 Å². The van der Waals surface area contributed by atoms with Crippen LogP contribution in [0.5, 0.6) is 11.5 Å². The number of hydrogen-bond acceptors (Lipinski definition) is 7. The normalized spacial score (nSPS) is 11.8. The minimum Gasteiger partial charge on any atom is -0.497 e. The van der Waals surface area contributed by atoms with Crippen LogP contribution in [0.3, 0.4) is 0 Å². The summed E-state index contributed by atoms with van der Waals surface area (Å²) in [6.45, 7) is 5.69. The number of hydrogen-bond donors (Lipinski definition) is 2. The van der Waals surface area contributed by atoms with Crippen LogP contribution in [0.4, 0.5) is 15.2 Å². The molecule has 33 heavy (non-hydrogen) atoms. The maximum Gasteiger partial charge on any atom is 0.407 e. The van der Waals surface area contributed by atoms with E-state index in [0.717, 1.165) is 11.3 Å². The van der Waals surface area contributed by atoms with Crippen LogP contribution in [0, 0.1) is 0 Å². The maximum atomic E-state index is 13.2. The Morgan fingerprint density at radius 1 is 1.18 bits per heavy atom. The highest BCUT2D eigenvalue weighted by Gasteiger charge is 2.16. The summed E-state index contributed by atoms with van der Waals surface area (Å²) in [7, 11) is 1.62. The monoisotopic (exact) mass is 457 g/mol. The highest BCUT2D eigenvalue weighted by atomic mass is 19.1. The molecule has 0 atom stereocenters. The molecule has 0 aliphatic rings. The number of fused-ring (bicyclic) bond motifs is 1. The largest absolute Gasteiger partial charge is 0.497 e. The van der Waals surface area contributed by atoms with Crippen molar-refractivity contribution in [3.8, 4) is 11.5 Å². The van der Waals surface area contributed by atoms with Crippen molar-refractivity contribution in [1.82, 2.24) is 10.3 Å². The Morgan fingerprint density at radius 3 is 2.73 bits per heavy atom. The van der Waals surface area contributed by atoms with Gasteiger partial charge in [-0.15, -0.1) is 0 Å². The number of halogens is 1. The van der Waals surface area contributed by atoms with Gasteiger partial charge in [-0.2, -0.15) is 4.98 Å². The number of amides is 1. The number of ether oxygens (including phenoxy) is 3. The molecule has 176 valence electrons. The lowest BCUT2D eigenvalue weighted by Gasteiger charge is -2.20. The van der Waals surface area contributed by atoms with E-state index in [0.29, 0.717) is 35.7 Å². The second kappa shape index (κ2) is 10.7. The third-order valence-corrected chi connectivity index (χ3v) is 4.37. The zero-order valence-electron chi connectivity index (χ0n) is 19.1. The van der Waals surface area contributed by atoms with Gasteiger partial charge in [0, 0.05) is 24.7 Å². The van der Waals surface area contributed by atoms with Crippen molar-refractivity contribution < 1.29 is 27.8 Å². The fraction of sp³-hybridized carbons (Fsp3) is 0.333. The first kappa shape index (κ1) is 23.9. The lowest BCUT2D eigenvalue weighted by atomic mass is 10.2. The molecule has 3 aromatic rings. The summed E-state index contributed by atoms with van der Waals surface area (Å²) in [6, 6.07) is 13.2. The maximum absolute atomic E-state index is 13.2. The summed E-state index contributed by atoms with van der Waals surface area (Å²) in [5.74, 6) is 1.26. The summed E-state index contributed by atoms with van der Waals surface area (Å²) < 4.78 is 35.0. The van der Waals surface area contributed by atoms with Crippen molar-refractivity contribution in [2.75, 3.05) is 25.6 Å². The molecular formula is C24H28FN3O5. The number of nitrogens with zero attached hydrogens (tertiary/aromatic N) is 1. The molecule has 0 radical (unpaired) electrons. The number of methoxy groups -OCH3 is 1. The lowest BCUT2D eigenvalue weighted by Crippen LogP contribution is -2.34. The van der Waals surface area contributed by atoms with Crippen molar-refractivity contribution in [2.45, 2.75) is 32.9 Å². The predicted molar refractivity (Wildman–Crippen MR) is 123 cm³/mol. The molecule has 0 saturated carbocycles. The molecule has 2 aromatic carbocycles. The third-order valence-electron chi connectivity index (χ3n) is 4.37. The second-order valence-corrected chi connectivity index (χ2v) is 8.27. The number of carbonyl (C=O) groups excluding carboxylic acids is 1. The number of benzene rings is 2. The summed E-state index contributed by atoms with van der Waals surface area (Å²) in [5, 5.41) is 5.64. The van der Waals surface area contributed by atoms with E-state index in [1.165, 1.54) is 0 Å². The average Bonchev–Trinajstić information content (AvgIpc) is 3.19. The van der Waals surface area contributed by atoms with Gasteiger partial charge < -0.3 is 29.3 Å². The molecule has 0 aliphatic carbocycles. The van der Waals surface area contributed by atoms with Gasteiger partial charge in [-0.05, 0) is 50.6 Å². The van der Waals surface area contributed by atoms with Gasteiger partial charge >= 0.3 is 6.09 Å². The van der Waals surface area contributed by atoms with Crippen LogP contribution < -0.4 is 20.1 Å². The Balaban J connectivity index is 1.54. The topological polar surface area (TPSA) is 94.8 Å². The molecule has 0 fully saturated rings. The van der Waals surface area contributed by atoms with Gasteiger partial charge in [-0.1, -0.05) is 12.1 Å². The molecule has 0 bridgehead atoms. The fourth-order valence-electron chi connectivity index (χ4n) is 2.83. The van der Waals surface area contributed by atoms with Crippen LogP contribution >= 0.6 is 0 Å². The van der Waals surface area contributed by atoms with Gasteiger partial charge in [0.25, 0.3) is 6.01 Å². The van der Waals surface area contributed by atoms with Gasteiger partial charge in [0.2, 0.25) is 0 Å². The number of aromatic nitrogens is 1. The van der Waals surface area contributed by atoms with E-state index in [-0.39, 0.29) is 18.7 Å². The SMILES string of the molecule is COc1cccc(CNc2nc3ccc(OCC(=CF)CNC(=O)OC(C)(C)C)cc3o2)c1. The van der Waals surface area contributed by atoms with Crippen molar-refractivity contribution >= 4 is 23.2 Å². The lowest BCUT2D eigenvalue weighted by molar-refractivity contribution is 0.0531. The second-order valence-electron chi connectivity index (χ2n) is 8.27. The van der Waals surface area contributed by atoms with Crippen molar-refractivity contribution in [2.24, 2.45) is 0 Å². The Hall–Kier alpha value is -3.75. The predicted octanol–water partition coefficient (Wildman–Crippen LogP) is 5.21. The van der Waals surface area contributed by atoms with Gasteiger partial charge in [0.05, 0.1) is 13.4 Å². The summed E-state index contributed by atoms with van der Waals surface area (Å²) >= 11 is 0. The fourth-order valence-corrected chi connectivity index (χ4v) is 2.83. The van der Waals surface area contributed by atoms with Crippen LogP contribution in [0.2, 0.25) is 0 Å². The van der Waals surface area contributed by atoms with E-state index in [1.54, 1.807) is 46.1 Å². The van der Waals surface area contributed by atoms with Crippen molar-refractivity contribution in [1.29, 1.82) is 0 Å². The number of anilines is 1. The first-order valence-corrected chi connectivity index (χ1v) is 10.4. The molecule has 0 unspecified atom stereocenters. The smallest absolute Gasteiger partial charge is 0.407 e. The first-order valence-electron chi connectivity index (χ1n) is 10.4. The molecule has 0 saturated heterocycles. The number of carbonyl (C=O) groups is 1.